The second-order valence-corrected chi connectivity index (χ2v) is 4.02. The van der Waals surface area contributed by atoms with Crippen LogP contribution in [0, 0.1) is 5.41 Å². The molecule has 0 saturated heterocycles. The van der Waals surface area contributed by atoms with E-state index >= 15 is 0 Å². The van der Waals surface area contributed by atoms with E-state index in [-0.39, 0.29) is 0 Å². The number of hydrogen-bond acceptors (Lipinski definition) is 1. The highest BCUT2D eigenvalue weighted by atomic mass is 16.4. The largest absolute Gasteiger partial charge is 0.481 e. The van der Waals surface area contributed by atoms with Crippen molar-refractivity contribution in [1.29, 1.82) is 0 Å². The van der Waals surface area contributed by atoms with Crippen molar-refractivity contribution in [2.45, 2.75) is 52.9 Å². The second kappa shape index (κ2) is 6.63. The van der Waals surface area contributed by atoms with Crippen LogP contribution in [0.25, 0.3) is 0 Å². The van der Waals surface area contributed by atoms with Crippen LogP contribution in [0.2, 0.25) is 0 Å². The van der Waals surface area contributed by atoms with Gasteiger partial charge in [-0.15, -0.1) is 0 Å². The van der Waals surface area contributed by atoms with E-state index in [0.717, 1.165) is 25.7 Å². The molecule has 0 heterocycles. The molecule has 0 aromatic carbocycles. The molecule has 1 N–H and O–H groups in total. The maximum atomic E-state index is 10.9. The van der Waals surface area contributed by atoms with Gasteiger partial charge in [-0.05, 0) is 32.6 Å². The Balaban J connectivity index is 3.90. The Morgan fingerprint density at radius 2 is 1.86 bits per heavy atom. The molecule has 14 heavy (non-hydrogen) atoms. The van der Waals surface area contributed by atoms with Gasteiger partial charge in [0.2, 0.25) is 0 Å². The summed E-state index contributed by atoms with van der Waals surface area (Å²) >= 11 is 0. The Morgan fingerprint density at radius 1 is 1.29 bits per heavy atom. The van der Waals surface area contributed by atoms with E-state index in [0.29, 0.717) is 6.42 Å². The zero-order valence-corrected chi connectivity index (χ0v) is 9.55. The highest BCUT2D eigenvalue weighted by molar-refractivity contribution is 5.73. The van der Waals surface area contributed by atoms with E-state index < -0.39 is 11.4 Å². The lowest BCUT2D eigenvalue weighted by Crippen LogP contribution is -2.26. The highest BCUT2D eigenvalue weighted by Gasteiger charge is 2.29. The molecular formula is C12H22O2. The number of hydrogen-bond donors (Lipinski definition) is 1. The number of carbonyl (C=O) groups is 1. The Bertz CT molecular complexity index is 196. The standard InChI is InChI=1S/C12H22O2/c1-4-6-7-8-9-10-12(3,5-2)11(13)14/h7-8H,4-6,9-10H2,1-3H3,(H,13,14)/b8-7-. The maximum Gasteiger partial charge on any atom is 0.309 e. The van der Waals surface area contributed by atoms with Crippen molar-refractivity contribution < 1.29 is 9.90 Å². The Morgan fingerprint density at radius 3 is 2.29 bits per heavy atom. The summed E-state index contributed by atoms with van der Waals surface area (Å²) in [5, 5.41) is 9.01. The van der Waals surface area contributed by atoms with Gasteiger partial charge in [-0.2, -0.15) is 0 Å². The van der Waals surface area contributed by atoms with Gasteiger partial charge < -0.3 is 5.11 Å². The molecule has 0 aromatic heterocycles. The lowest BCUT2D eigenvalue weighted by atomic mass is 9.83. The van der Waals surface area contributed by atoms with Gasteiger partial charge in [0, 0.05) is 0 Å². The zero-order chi connectivity index (χ0) is 11.0. The minimum Gasteiger partial charge on any atom is -0.481 e. The first-order valence-corrected chi connectivity index (χ1v) is 5.45. The third-order valence-electron chi connectivity index (χ3n) is 2.78. The summed E-state index contributed by atoms with van der Waals surface area (Å²) in [5.74, 6) is -0.677. The van der Waals surface area contributed by atoms with Crippen molar-refractivity contribution in [3.63, 3.8) is 0 Å². The minimum atomic E-state index is -0.677. The number of carboxylic acids is 1. The summed E-state index contributed by atoms with van der Waals surface area (Å²) in [7, 11) is 0. The van der Waals surface area contributed by atoms with Crippen LogP contribution in [-0.2, 0) is 4.79 Å². The molecular weight excluding hydrogens is 176 g/mol. The van der Waals surface area contributed by atoms with E-state index in [4.69, 9.17) is 5.11 Å². The van der Waals surface area contributed by atoms with Crippen LogP contribution in [-0.4, -0.2) is 11.1 Å². The number of unbranched alkanes of at least 4 members (excludes halogenated alkanes) is 1. The molecule has 0 radical (unpaired) electrons. The van der Waals surface area contributed by atoms with E-state index in [1.807, 2.05) is 13.8 Å². The van der Waals surface area contributed by atoms with Gasteiger partial charge >= 0.3 is 5.97 Å². The van der Waals surface area contributed by atoms with E-state index in [2.05, 4.69) is 19.1 Å². The van der Waals surface area contributed by atoms with Gasteiger partial charge in [0.15, 0.2) is 0 Å². The van der Waals surface area contributed by atoms with Crippen molar-refractivity contribution in [3.05, 3.63) is 12.2 Å². The van der Waals surface area contributed by atoms with Crippen molar-refractivity contribution in [3.8, 4) is 0 Å². The molecule has 0 fully saturated rings. The molecule has 0 saturated carbocycles. The lowest BCUT2D eigenvalue weighted by Gasteiger charge is -2.21. The lowest BCUT2D eigenvalue weighted by molar-refractivity contribution is -0.148. The molecule has 0 amide bonds. The molecule has 1 atom stereocenters. The normalized spacial score (nSPS) is 15.6. The summed E-state index contributed by atoms with van der Waals surface area (Å²) in [4.78, 5) is 10.9. The molecule has 0 spiro atoms. The number of aliphatic carboxylic acids is 1. The van der Waals surface area contributed by atoms with Crippen LogP contribution < -0.4 is 0 Å². The maximum absolute atomic E-state index is 10.9. The van der Waals surface area contributed by atoms with Gasteiger partial charge in [0.25, 0.3) is 0 Å². The Hall–Kier alpha value is -0.790. The summed E-state index contributed by atoms with van der Waals surface area (Å²) in [6, 6.07) is 0. The van der Waals surface area contributed by atoms with E-state index in [1.54, 1.807) is 0 Å². The summed E-state index contributed by atoms with van der Waals surface area (Å²) in [6.07, 6.45) is 8.79. The fourth-order valence-electron chi connectivity index (χ4n) is 1.24. The summed E-state index contributed by atoms with van der Waals surface area (Å²) in [6.45, 7) is 5.89. The van der Waals surface area contributed by atoms with Gasteiger partial charge in [-0.1, -0.05) is 32.4 Å². The third kappa shape index (κ3) is 4.45. The number of allylic oxidation sites excluding steroid dienone is 2. The van der Waals surface area contributed by atoms with E-state index in [9.17, 15) is 4.79 Å². The number of carboxylic acid groups (broad SMARTS) is 1. The van der Waals surface area contributed by atoms with Crippen molar-refractivity contribution in [1.82, 2.24) is 0 Å². The Labute approximate surface area is 87.0 Å². The van der Waals surface area contributed by atoms with Gasteiger partial charge in [0.05, 0.1) is 5.41 Å². The van der Waals surface area contributed by atoms with Gasteiger partial charge in [-0.25, -0.2) is 0 Å². The quantitative estimate of drug-likeness (QED) is 0.634. The fourth-order valence-corrected chi connectivity index (χ4v) is 1.24. The van der Waals surface area contributed by atoms with Crippen molar-refractivity contribution in [2.24, 2.45) is 5.41 Å². The molecule has 2 heteroatoms. The second-order valence-electron chi connectivity index (χ2n) is 4.02. The molecule has 0 aliphatic carbocycles. The fraction of sp³-hybridized carbons (Fsp3) is 0.750. The van der Waals surface area contributed by atoms with Crippen molar-refractivity contribution in [2.75, 3.05) is 0 Å². The SMILES string of the molecule is CCC/C=C\CCC(C)(CC)C(=O)O. The first-order chi connectivity index (χ1) is 6.56. The first kappa shape index (κ1) is 13.2. The molecule has 0 aliphatic heterocycles. The molecule has 2 nitrogen and oxygen atoms in total. The number of rotatable bonds is 7. The van der Waals surface area contributed by atoms with Crippen LogP contribution in [0.4, 0.5) is 0 Å². The van der Waals surface area contributed by atoms with Gasteiger partial charge in [-0.3, -0.25) is 4.79 Å². The van der Waals surface area contributed by atoms with Crippen LogP contribution in [0.15, 0.2) is 12.2 Å². The Kier molecular flexibility index (Phi) is 6.26. The first-order valence-electron chi connectivity index (χ1n) is 5.45. The van der Waals surface area contributed by atoms with Crippen molar-refractivity contribution >= 4 is 5.97 Å². The van der Waals surface area contributed by atoms with Crippen LogP contribution in [0.3, 0.4) is 0 Å². The smallest absolute Gasteiger partial charge is 0.309 e. The molecule has 82 valence electrons. The molecule has 0 rings (SSSR count). The third-order valence-corrected chi connectivity index (χ3v) is 2.78. The van der Waals surface area contributed by atoms with E-state index in [1.165, 1.54) is 0 Å². The van der Waals surface area contributed by atoms with Crippen LogP contribution >= 0.6 is 0 Å². The summed E-state index contributed by atoms with van der Waals surface area (Å²) < 4.78 is 0. The van der Waals surface area contributed by atoms with Crippen LogP contribution in [0.1, 0.15) is 52.9 Å². The molecule has 0 aromatic rings. The monoisotopic (exact) mass is 198 g/mol. The summed E-state index contributed by atoms with van der Waals surface area (Å²) in [5.41, 5.74) is -0.545. The zero-order valence-electron chi connectivity index (χ0n) is 9.55. The highest BCUT2D eigenvalue weighted by Crippen LogP contribution is 2.27. The molecule has 1 unspecified atom stereocenters. The predicted octanol–water partition coefficient (Wildman–Crippen LogP) is 3.62. The average Bonchev–Trinajstić information content (AvgIpc) is 2.17. The van der Waals surface area contributed by atoms with Crippen LogP contribution in [0.5, 0.6) is 0 Å². The van der Waals surface area contributed by atoms with Gasteiger partial charge in [0.1, 0.15) is 0 Å². The topological polar surface area (TPSA) is 37.3 Å². The molecule has 0 aliphatic rings. The molecule has 0 bridgehead atoms. The predicted molar refractivity (Wildman–Crippen MR) is 59.3 cm³/mol. The minimum absolute atomic E-state index is 0.545. The average molecular weight is 198 g/mol.